The van der Waals surface area contributed by atoms with Gasteiger partial charge in [0.05, 0.1) is 0 Å². The Morgan fingerprint density at radius 1 is 0.875 bits per heavy atom. The van der Waals surface area contributed by atoms with Crippen LogP contribution in [-0.2, 0) is 0 Å². The van der Waals surface area contributed by atoms with Gasteiger partial charge in [0.2, 0.25) is 15.2 Å². The summed E-state index contributed by atoms with van der Waals surface area (Å²) in [4.78, 5) is 0. The van der Waals surface area contributed by atoms with Crippen molar-refractivity contribution in [3.63, 3.8) is 0 Å². The first kappa shape index (κ1) is 12.2. The molecule has 0 aromatic rings. The largest absolute Gasteiger partial charge is 0.243 e. The first-order chi connectivity index (χ1) is 3.13. The van der Waals surface area contributed by atoms with Crippen LogP contribution >= 0.6 is 0 Å². The fraction of sp³-hybridized carbons (Fsp3) is 1.00. The van der Waals surface area contributed by atoms with Crippen molar-refractivity contribution in [3.8, 4) is 0 Å². The zero-order chi connectivity index (χ0) is 5.86. The third-order valence-electron chi connectivity index (χ3n) is 0.943. The molecule has 0 saturated carbocycles. The maximum Gasteiger partial charge on any atom is 0.243 e. The predicted molar refractivity (Wildman–Crippen MR) is 43.1 cm³/mol. The van der Waals surface area contributed by atoms with Gasteiger partial charge in [0.1, 0.15) is 0 Å². The van der Waals surface area contributed by atoms with E-state index in [4.69, 9.17) is 0 Å². The molecule has 0 spiro atoms. The zero-order valence-electron chi connectivity index (χ0n) is 6.86. The summed E-state index contributed by atoms with van der Waals surface area (Å²) in [5.74, 6) is 0. The molecule has 0 unspecified atom stereocenters. The van der Waals surface area contributed by atoms with E-state index in [2.05, 4.69) is 27.7 Å². The Bertz CT molecular complexity index is 37.8. The molecule has 0 aromatic heterocycles. The van der Waals surface area contributed by atoms with Crippen molar-refractivity contribution in [1.82, 2.24) is 0 Å². The van der Waals surface area contributed by atoms with Crippen LogP contribution in [0, 0.1) is 0 Å². The molecule has 43 valence electrons. The van der Waals surface area contributed by atoms with Crippen LogP contribution in [0.3, 0.4) is 0 Å². The van der Waals surface area contributed by atoms with Crippen LogP contribution in [-0.4, -0.2) is 44.8 Å². The van der Waals surface area contributed by atoms with Crippen molar-refractivity contribution in [1.29, 1.82) is 0 Å². The topological polar surface area (TPSA) is 0 Å². The molecular formula is C6H15AlNa. The van der Waals surface area contributed by atoms with E-state index in [1.807, 2.05) is 0 Å². The second kappa shape index (κ2) is 6.65. The maximum atomic E-state index is 2.33. The molecule has 0 nitrogen and oxygen atoms in total. The summed E-state index contributed by atoms with van der Waals surface area (Å²) < 4.78 is 2.03. The van der Waals surface area contributed by atoms with Crippen molar-refractivity contribution in [2.45, 2.75) is 37.3 Å². The van der Waals surface area contributed by atoms with E-state index in [9.17, 15) is 0 Å². The van der Waals surface area contributed by atoms with E-state index in [1.165, 1.54) is 0 Å². The smallest absolute Gasteiger partial charge is 0.0912 e. The van der Waals surface area contributed by atoms with E-state index in [0.29, 0.717) is 0 Å². The van der Waals surface area contributed by atoms with Crippen molar-refractivity contribution in [3.05, 3.63) is 0 Å². The normalized spacial score (nSPS) is 9.25. The Morgan fingerprint density at radius 2 is 1.12 bits per heavy atom. The van der Waals surface area contributed by atoms with E-state index in [0.717, 1.165) is 9.56 Å². The third kappa shape index (κ3) is 10.5. The van der Waals surface area contributed by atoms with E-state index in [-0.39, 0.29) is 44.8 Å². The number of hydrogen-bond donors (Lipinski definition) is 0. The number of hydrogen-bond acceptors (Lipinski definition) is 0. The van der Waals surface area contributed by atoms with Crippen LogP contribution in [0.15, 0.2) is 0 Å². The van der Waals surface area contributed by atoms with Gasteiger partial charge >= 0.3 is 0 Å². The van der Waals surface area contributed by atoms with Gasteiger partial charge in [0.15, 0.2) is 0 Å². The Balaban J connectivity index is 0. The first-order valence-electron chi connectivity index (χ1n) is 3.13. The van der Waals surface area contributed by atoms with Gasteiger partial charge in [-0.2, -0.15) is 0 Å². The summed E-state index contributed by atoms with van der Waals surface area (Å²) in [5, 5.41) is 0. The molecule has 0 atom stereocenters. The summed E-state index contributed by atoms with van der Waals surface area (Å²) in [7, 11) is 0. The van der Waals surface area contributed by atoms with Crippen molar-refractivity contribution >= 4 is 44.8 Å². The third-order valence-corrected chi connectivity index (χ3v) is 2.83. The van der Waals surface area contributed by atoms with Crippen LogP contribution in [0.1, 0.15) is 27.7 Å². The predicted octanol–water partition coefficient (Wildman–Crippen LogP) is 1.70. The molecule has 1 radical (unpaired) electrons. The second-order valence-corrected chi connectivity index (χ2v) is 6.76. The molecule has 0 amide bonds. The van der Waals surface area contributed by atoms with Gasteiger partial charge in [-0.1, -0.05) is 37.3 Å². The fourth-order valence-electron chi connectivity index (χ4n) is 0.943. The van der Waals surface area contributed by atoms with Crippen LogP contribution in [0.2, 0.25) is 9.56 Å². The van der Waals surface area contributed by atoms with Gasteiger partial charge in [-0.3, -0.25) is 0 Å². The summed E-state index contributed by atoms with van der Waals surface area (Å²) >= 11 is 0.281. The molecule has 0 heterocycles. The molecule has 0 aromatic carbocycles. The van der Waals surface area contributed by atoms with Crippen molar-refractivity contribution in [2.75, 3.05) is 0 Å². The molecule has 0 aliphatic rings. The Morgan fingerprint density at radius 3 is 1.12 bits per heavy atom. The average Bonchev–Trinajstić information content (AvgIpc) is 1.27. The van der Waals surface area contributed by atoms with Crippen LogP contribution in [0.4, 0.5) is 0 Å². The van der Waals surface area contributed by atoms with Gasteiger partial charge in [-0.05, 0) is 0 Å². The van der Waals surface area contributed by atoms with Gasteiger partial charge in [0.25, 0.3) is 0 Å². The van der Waals surface area contributed by atoms with E-state index in [1.54, 1.807) is 0 Å². The van der Waals surface area contributed by atoms with Gasteiger partial charge in [-0.25, -0.2) is 0 Å². The number of rotatable bonds is 2. The molecule has 0 bridgehead atoms. The Hall–Kier alpha value is 1.53. The average molecular weight is 137 g/mol. The summed E-state index contributed by atoms with van der Waals surface area (Å²) in [6.07, 6.45) is 0. The van der Waals surface area contributed by atoms with E-state index >= 15 is 0 Å². The van der Waals surface area contributed by atoms with E-state index < -0.39 is 0 Å². The summed E-state index contributed by atoms with van der Waals surface area (Å²) in [5.41, 5.74) is 0. The molecule has 0 N–H and O–H groups in total. The maximum absolute atomic E-state index is 2.33. The minimum absolute atomic E-state index is 0. The molecule has 0 aliphatic carbocycles. The molecule has 0 rings (SSSR count). The van der Waals surface area contributed by atoms with Crippen LogP contribution < -0.4 is 0 Å². The monoisotopic (exact) mass is 137 g/mol. The Kier molecular flexibility index (Phi) is 10.2. The van der Waals surface area contributed by atoms with Crippen molar-refractivity contribution in [2.24, 2.45) is 0 Å². The quantitative estimate of drug-likeness (QED) is 0.508. The summed E-state index contributed by atoms with van der Waals surface area (Å²) in [6.45, 7) is 9.30. The molecule has 0 fully saturated rings. The molecule has 8 heavy (non-hydrogen) atoms. The SMILES string of the molecule is C[CH](C)[AlH][CH](C)C.[Na]. The zero-order valence-corrected chi connectivity index (χ0v) is 10.3. The van der Waals surface area contributed by atoms with Crippen LogP contribution in [0.5, 0.6) is 0 Å². The fourth-order valence-corrected chi connectivity index (χ4v) is 2.83. The summed E-state index contributed by atoms with van der Waals surface area (Å²) in [6, 6.07) is 0. The van der Waals surface area contributed by atoms with Crippen LogP contribution in [0.25, 0.3) is 0 Å². The second-order valence-electron chi connectivity index (χ2n) is 3.02. The minimum Gasteiger partial charge on any atom is -0.0912 e. The molecular weight excluding hydrogens is 122 g/mol. The standard InChI is InChI=1S/2C3H7.Al.Na.H/c2*1-3-2;;;/h2*3H,1-2H3;;;. The first-order valence-corrected chi connectivity index (χ1v) is 4.76. The van der Waals surface area contributed by atoms with Gasteiger partial charge in [-0.15, -0.1) is 0 Å². The Labute approximate surface area is 81.4 Å². The minimum atomic E-state index is 0. The van der Waals surface area contributed by atoms with Gasteiger partial charge < -0.3 is 0 Å². The molecule has 0 saturated heterocycles. The molecule has 2 heteroatoms. The van der Waals surface area contributed by atoms with Crippen molar-refractivity contribution < 1.29 is 0 Å². The van der Waals surface area contributed by atoms with Gasteiger partial charge in [0, 0.05) is 29.6 Å². The molecule has 0 aliphatic heterocycles.